The summed E-state index contributed by atoms with van der Waals surface area (Å²) in [5.41, 5.74) is 5.41. The van der Waals surface area contributed by atoms with Gasteiger partial charge < -0.3 is 4.42 Å². The van der Waals surface area contributed by atoms with Gasteiger partial charge in [0.2, 0.25) is 0 Å². The molecule has 1 aromatic heterocycles. The van der Waals surface area contributed by atoms with Gasteiger partial charge in [-0.2, -0.15) is 0 Å². The van der Waals surface area contributed by atoms with Crippen molar-refractivity contribution in [2.45, 2.75) is 25.8 Å². The van der Waals surface area contributed by atoms with Gasteiger partial charge in [0.25, 0.3) is 0 Å². The molecule has 4 heteroatoms. The quantitative estimate of drug-likeness (QED) is 0.656. The van der Waals surface area contributed by atoms with Crippen molar-refractivity contribution in [2.24, 2.45) is 5.84 Å². The van der Waals surface area contributed by atoms with Gasteiger partial charge in [0.15, 0.2) is 0 Å². The Morgan fingerprint density at radius 2 is 2.22 bits per heavy atom. The van der Waals surface area contributed by atoms with Gasteiger partial charge in [0.05, 0.1) is 16.8 Å². The number of nitrogens with one attached hydrogen (secondary N) is 1. The van der Waals surface area contributed by atoms with E-state index in [1.54, 1.807) is 6.26 Å². The van der Waals surface area contributed by atoms with Gasteiger partial charge in [0, 0.05) is 0 Å². The average molecular weight is 309 g/mol. The summed E-state index contributed by atoms with van der Waals surface area (Å²) in [7, 11) is 0. The molecule has 2 rings (SSSR count). The lowest BCUT2D eigenvalue weighted by Gasteiger charge is -2.14. The van der Waals surface area contributed by atoms with Crippen molar-refractivity contribution in [2.75, 3.05) is 0 Å². The molecule has 0 aliphatic carbocycles. The van der Waals surface area contributed by atoms with Crippen molar-refractivity contribution in [1.29, 1.82) is 0 Å². The van der Waals surface area contributed by atoms with E-state index in [0.29, 0.717) is 0 Å². The zero-order chi connectivity index (χ0) is 13.0. The average Bonchev–Trinajstić information content (AvgIpc) is 2.77. The van der Waals surface area contributed by atoms with E-state index >= 15 is 0 Å². The van der Waals surface area contributed by atoms with E-state index in [4.69, 9.17) is 10.3 Å². The molecule has 1 aromatic carbocycles. The maximum atomic E-state index is 5.60. The van der Waals surface area contributed by atoms with Crippen LogP contribution in [-0.4, -0.2) is 0 Å². The maximum absolute atomic E-state index is 5.60. The predicted molar refractivity (Wildman–Crippen MR) is 76.0 cm³/mol. The third-order valence-electron chi connectivity index (χ3n) is 2.97. The van der Waals surface area contributed by atoms with E-state index in [9.17, 15) is 0 Å². The summed E-state index contributed by atoms with van der Waals surface area (Å²) in [5, 5.41) is 0. The van der Waals surface area contributed by atoms with Gasteiger partial charge in [-0.3, -0.25) is 5.84 Å². The van der Waals surface area contributed by atoms with Gasteiger partial charge in [-0.1, -0.05) is 29.8 Å². The first kappa shape index (κ1) is 13.3. The fraction of sp³-hybridized carbons (Fsp3) is 0.286. The molecule has 0 aliphatic rings. The number of nitrogens with two attached hydrogens (primary N) is 1. The number of hydrazine groups is 1. The second kappa shape index (κ2) is 6.18. The molecular weight excluding hydrogens is 292 g/mol. The number of halogens is 1. The summed E-state index contributed by atoms with van der Waals surface area (Å²) < 4.78 is 6.39. The van der Waals surface area contributed by atoms with Crippen molar-refractivity contribution in [3.8, 4) is 0 Å². The smallest absolute Gasteiger partial charge is 0.136 e. The van der Waals surface area contributed by atoms with Gasteiger partial charge in [0.1, 0.15) is 5.76 Å². The Hall–Kier alpha value is -1.10. The number of aryl methyl sites for hydroxylation is 2. The lowest BCUT2D eigenvalue weighted by atomic mass is 10.0. The third kappa shape index (κ3) is 3.22. The highest BCUT2D eigenvalue weighted by atomic mass is 79.9. The fourth-order valence-corrected chi connectivity index (χ4v) is 2.50. The molecular formula is C14H17BrN2O. The van der Waals surface area contributed by atoms with Crippen LogP contribution in [-0.2, 0) is 6.42 Å². The highest BCUT2D eigenvalue weighted by Gasteiger charge is 2.16. The first-order chi connectivity index (χ1) is 8.70. The Labute approximate surface area is 115 Å². The Bertz CT molecular complexity index is 510. The molecule has 0 radical (unpaired) electrons. The number of hydrogen-bond donors (Lipinski definition) is 2. The standard InChI is InChI=1S/C14H17BrN2O/c1-10-3-2-4-11(9-10)5-6-13(17-16)14-12(15)7-8-18-14/h2-4,7-9,13,17H,5-6,16H2,1H3. The molecule has 2 aromatic rings. The van der Waals surface area contributed by atoms with Gasteiger partial charge >= 0.3 is 0 Å². The topological polar surface area (TPSA) is 51.2 Å². The second-order valence-corrected chi connectivity index (χ2v) is 5.23. The Morgan fingerprint density at radius 1 is 1.39 bits per heavy atom. The Morgan fingerprint density at radius 3 is 2.83 bits per heavy atom. The molecule has 1 atom stereocenters. The Balaban J connectivity index is 2.02. The van der Waals surface area contributed by atoms with Crippen LogP contribution in [0.2, 0.25) is 0 Å². The Kier molecular flexibility index (Phi) is 4.58. The van der Waals surface area contributed by atoms with Crippen molar-refractivity contribution in [1.82, 2.24) is 5.43 Å². The van der Waals surface area contributed by atoms with E-state index < -0.39 is 0 Å². The van der Waals surface area contributed by atoms with E-state index in [1.165, 1.54) is 11.1 Å². The van der Waals surface area contributed by atoms with Crippen molar-refractivity contribution in [3.05, 3.63) is 58.0 Å². The summed E-state index contributed by atoms with van der Waals surface area (Å²) in [6, 6.07) is 10.4. The minimum absolute atomic E-state index is 0.0230. The minimum Gasteiger partial charge on any atom is -0.466 e. The van der Waals surface area contributed by atoms with Crippen LogP contribution in [0.1, 0.15) is 29.3 Å². The monoisotopic (exact) mass is 308 g/mol. The molecule has 1 heterocycles. The molecule has 0 saturated heterocycles. The summed E-state index contributed by atoms with van der Waals surface area (Å²) in [5.74, 6) is 6.45. The molecule has 0 spiro atoms. The largest absolute Gasteiger partial charge is 0.466 e. The first-order valence-corrected chi connectivity index (χ1v) is 6.74. The van der Waals surface area contributed by atoms with Crippen LogP contribution in [0.5, 0.6) is 0 Å². The zero-order valence-electron chi connectivity index (χ0n) is 10.3. The van der Waals surface area contributed by atoms with Crippen LogP contribution < -0.4 is 11.3 Å². The lowest BCUT2D eigenvalue weighted by Crippen LogP contribution is -2.28. The third-order valence-corrected chi connectivity index (χ3v) is 3.62. The molecule has 18 heavy (non-hydrogen) atoms. The first-order valence-electron chi connectivity index (χ1n) is 5.95. The molecule has 1 unspecified atom stereocenters. The van der Waals surface area contributed by atoms with Crippen LogP contribution in [0.3, 0.4) is 0 Å². The number of rotatable bonds is 5. The van der Waals surface area contributed by atoms with Crippen LogP contribution in [0.4, 0.5) is 0 Å². The van der Waals surface area contributed by atoms with Crippen LogP contribution in [0.15, 0.2) is 45.5 Å². The SMILES string of the molecule is Cc1cccc(CCC(NN)c2occc2Br)c1. The van der Waals surface area contributed by atoms with E-state index in [0.717, 1.165) is 23.1 Å². The van der Waals surface area contributed by atoms with Crippen molar-refractivity contribution in [3.63, 3.8) is 0 Å². The molecule has 0 bridgehead atoms. The summed E-state index contributed by atoms with van der Waals surface area (Å²) in [6.45, 7) is 2.10. The van der Waals surface area contributed by atoms with Crippen LogP contribution in [0.25, 0.3) is 0 Å². The highest BCUT2D eigenvalue weighted by molar-refractivity contribution is 9.10. The van der Waals surface area contributed by atoms with Gasteiger partial charge in [-0.05, 0) is 47.3 Å². The molecule has 0 saturated carbocycles. The van der Waals surface area contributed by atoms with E-state index in [1.807, 2.05) is 6.07 Å². The summed E-state index contributed by atoms with van der Waals surface area (Å²) in [4.78, 5) is 0. The van der Waals surface area contributed by atoms with Crippen LogP contribution in [0, 0.1) is 6.92 Å². The highest BCUT2D eigenvalue weighted by Crippen LogP contribution is 2.27. The molecule has 0 amide bonds. The molecule has 96 valence electrons. The lowest BCUT2D eigenvalue weighted by molar-refractivity contribution is 0.399. The molecule has 3 nitrogen and oxygen atoms in total. The fourth-order valence-electron chi connectivity index (χ4n) is 2.02. The summed E-state index contributed by atoms with van der Waals surface area (Å²) >= 11 is 3.46. The predicted octanol–water partition coefficient (Wildman–Crippen LogP) is 3.49. The molecule has 0 aliphatic heterocycles. The van der Waals surface area contributed by atoms with Gasteiger partial charge in [-0.25, -0.2) is 5.43 Å². The molecule has 3 N–H and O–H groups in total. The number of benzene rings is 1. The molecule has 0 fully saturated rings. The zero-order valence-corrected chi connectivity index (χ0v) is 11.9. The van der Waals surface area contributed by atoms with Gasteiger partial charge in [-0.15, -0.1) is 0 Å². The maximum Gasteiger partial charge on any atom is 0.136 e. The number of hydrogen-bond acceptors (Lipinski definition) is 3. The van der Waals surface area contributed by atoms with Crippen molar-refractivity contribution >= 4 is 15.9 Å². The number of furan rings is 1. The van der Waals surface area contributed by atoms with Crippen molar-refractivity contribution < 1.29 is 4.42 Å². The van der Waals surface area contributed by atoms with Crippen LogP contribution >= 0.6 is 15.9 Å². The normalized spacial score (nSPS) is 12.6. The van der Waals surface area contributed by atoms with E-state index in [-0.39, 0.29) is 6.04 Å². The minimum atomic E-state index is 0.0230. The second-order valence-electron chi connectivity index (χ2n) is 4.38. The summed E-state index contributed by atoms with van der Waals surface area (Å²) in [6.07, 6.45) is 3.52. The van der Waals surface area contributed by atoms with E-state index in [2.05, 4.69) is 52.5 Å².